The summed E-state index contributed by atoms with van der Waals surface area (Å²) in [5, 5.41) is 7.67. The van der Waals surface area contributed by atoms with Gasteiger partial charge in [0.05, 0.1) is 11.0 Å². The highest BCUT2D eigenvalue weighted by Gasteiger charge is 2.18. The molecule has 0 saturated carbocycles. The summed E-state index contributed by atoms with van der Waals surface area (Å²) < 4.78 is 5.04. The van der Waals surface area contributed by atoms with Gasteiger partial charge in [0.2, 0.25) is 0 Å². The number of hydrogen-bond acceptors (Lipinski definition) is 2. The van der Waals surface area contributed by atoms with Crippen molar-refractivity contribution in [3.8, 4) is 27.9 Å². The molecule has 0 aliphatic carbocycles. The number of rotatable bonds is 6. The number of hydrogen-bond donors (Lipinski definition) is 0. The van der Waals surface area contributed by atoms with Gasteiger partial charge in [0.25, 0.3) is 0 Å². The Morgan fingerprint density at radius 3 is 1.82 bits per heavy atom. The highest BCUT2D eigenvalue weighted by Crippen LogP contribution is 2.42. The summed E-state index contributed by atoms with van der Waals surface area (Å²) in [5.41, 5.74) is 11.7. The Morgan fingerprint density at radius 2 is 0.964 bits per heavy atom. The van der Waals surface area contributed by atoms with E-state index in [2.05, 4.69) is 216 Å². The first-order valence-corrected chi connectivity index (χ1v) is 19.6. The zero-order valence-electron chi connectivity index (χ0n) is 29.9. The van der Waals surface area contributed by atoms with E-state index < -0.39 is 0 Å². The smallest absolute Gasteiger partial charge is 0.0542 e. The van der Waals surface area contributed by atoms with E-state index >= 15 is 0 Å². The lowest BCUT2D eigenvalue weighted by Gasteiger charge is -2.26. The molecule has 2 aromatic heterocycles. The lowest BCUT2D eigenvalue weighted by Crippen LogP contribution is -2.10. The third-order valence-electron chi connectivity index (χ3n) is 10.9. The second kappa shape index (κ2) is 12.9. The molecule has 0 amide bonds. The van der Waals surface area contributed by atoms with Gasteiger partial charge in [-0.05, 0) is 118 Å². The van der Waals surface area contributed by atoms with Crippen LogP contribution in [0.5, 0.6) is 0 Å². The maximum absolute atomic E-state index is 2.39. The molecule has 0 atom stereocenters. The number of benzene rings is 9. The fraction of sp³-hybridized carbons (Fsp3) is 0. The van der Waals surface area contributed by atoms with Crippen molar-refractivity contribution in [3.63, 3.8) is 0 Å². The van der Waals surface area contributed by atoms with Gasteiger partial charge in [-0.3, -0.25) is 0 Å². The van der Waals surface area contributed by atoms with Crippen molar-refractivity contribution in [1.29, 1.82) is 0 Å². The summed E-state index contributed by atoms with van der Waals surface area (Å²) >= 11 is 1.87. The molecule has 0 bridgehead atoms. The monoisotopic (exact) mass is 718 g/mol. The fourth-order valence-electron chi connectivity index (χ4n) is 8.31. The first kappa shape index (κ1) is 31.6. The minimum absolute atomic E-state index is 1.10. The van der Waals surface area contributed by atoms with E-state index in [-0.39, 0.29) is 0 Å². The maximum atomic E-state index is 2.39. The van der Waals surface area contributed by atoms with Gasteiger partial charge < -0.3 is 9.47 Å². The molecule has 0 aliphatic heterocycles. The summed E-state index contributed by atoms with van der Waals surface area (Å²) in [4.78, 5) is 2.39. The van der Waals surface area contributed by atoms with Crippen molar-refractivity contribution >= 4 is 81.1 Å². The van der Waals surface area contributed by atoms with Crippen LogP contribution in [0.25, 0.3) is 80.7 Å². The molecule has 0 saturated heterocycles. The molecule has 3 heteroatoms. The summed E-state index contributed by atoms with van der Waals surface area (Å²) in [6.45, 7) is 0. The van der Waals surface area contributed by atoms with Gasteiger partial charge in [0.1, 0.15) is 0 Å². The number of para-hydroxylation sites is 2. The van der Waals surface area contributed by atoms with Crippen LogP contribution in [0, 0.1) is 0 Å². The third-order valence-corrected chi connectivity index (χ3v) is 12.1. The van der Waals surface area contributed by atoms with Gasteiger partial charge in [0.15, 0.2) is 0 Å². The zero-order chi connectivity index (χ0) is 36.3. The average Bonchev–Trinajstić information content (AvgIpc) is 3.78. The average molecular weight is 719 g/mol. The molecule has 0 aliphatic rings. The molecule has 0 spiro atoms. The Bertz CT molecular complexity index is 3190. The molecule has 0 radical (unpaired) electrons. The Morgan fingerprint density at radius 1 is 0.327 bits per heavy atom. The standard InChI is InChI=1S/C52H34N2S/c1-3-12-35(13-4-1)37-14-11-17-43(31-37)53(44-28-29-50-47(34-44)45-18-7-9-20-49(45)54(50)41-15-5-2-6-16-41)42-26-24-36(25-27-42)38-22-23-39-32-48-46-19-8-10-21-51(46)55-52(48)33-40(39)30-38/h1-34H. The summed E-state index contributed by atoms with van der Waals surface area (Å²) in [5.74, 6) is 0. The maximum Gasteiger partial charge on any atom is 0.0542 e. The largest absolute Gasteiger partial charge is 0.310 e. The fourth-order valence-corrected chi connectivity index (χ4v) is 9.44. The SMILES string of the molecule is c1ccc(-c2cccc(N(c3ccc(-c4ccc5cc6c(cc5c4)sc4ccccc46)cc3)c3ccc4c(c3)c3ccccc3n4-c3ccccc3)c2)cc1. The number of anilines is 3. The van der Waals surface area contributed by atoms with Crippen molar-refractivity contribution in [2.45, 2.75) is 0 Å². The normalized spacial score (nSPS) is 11.6. The second-order valence-electron chi connectivity index (χ2n) is 14.2. The van der Waals surface area contributed by atoms with Crippen molar-refractivity contribution < 1.29 is 0 Å². The summed E-state index contributed by atoms with van der Waals surface area (Å²) in [7, 11) is 0. The van der Waals surface area contributed by atoms with Crippen molar-refractivity contribution in [2.75, 3.05) is 4.90 Å². The molecule has 11 rings (SSSR count). The van der Waals surface area contributed by atoms with Crippen LogP contribution in [0.4, 0.5) is 17.1 Å². The lowest BCUT2D eigenvalue weighted by atomic mass is 9.99. The van der Waals surface area contributed by atoms with Gasteiger partial charge in [0, 0.05) is 53.7 Å². The molecule has 0 N–H and O–H groups in total. The summed E-state index contributed by atoms with van der Waals surface area (Å²) in [6.07, 6.45) is 0. The minimum atomic E-state index is 1.10. The van der Waals surface area contributed by atoms with Crippen LogP contribution in [0.2, 0.25) is 0 Å². The second-order valence-corrected chi connectivity index (χ2v) is 15.3. The Labute approximate surface area is 323 Å². The zero-order valence-corrected chi connectivity index (χ0v) is 30.7. The quantitative estimate of drug-likeness (QED) is 0.166. The Kier molecular flexibility index (Phi) is 7.39. The van der Waals surface area contributed by atoms with E-state index in [0.29, 0.717) is 0 Å². The molecule has 9 aromatic carbocycles. The molecular formula is C52H34N2S. The van der Waals surface area contributed by atoms with Crippen LogP contribution in [-0.2, 0) is 0 Å². The Balaban J connectivity index is 1.04. The first-order valence-electron chi connectivity index (χ1n) is 18.7. The van der Waals surface area contributed by atoms with Gasteiger partial charge in [-0.15, -0.1) is 11.3 Å². The minimum Gasteiger partial charge on any atom is -0.310 e. The van der Waals surface area contributed by atoms with E-state index in [4.69, 9.17) is 0 Å². The van der Waals surface area contributed by atoms with Gasteiger partial charge in [-0.1, -0.05) is 121 Å². The van der Waals surface area contributed by atoms with Gasteiger partial charge in [-0.2, -0.15) is 0 Å². The molecule has 2 heterocycles. The highest BCUT2D eigenvalue weighted by atomic mass is 32.1. The predicted molar refractivity (Wildman–Crippen MR) is 237 cm³/mol. The van der Waals surface area contributed by atoms with Crippen molar-refractivity contribution in [3.05, 3.63) is 206 Å². The number of nitrogens with zero attached hydrogens (tertiary/aromatic N) is 2. The molecule has 55 heavy (non-hydrogen) atoms. The molecule has 2 nitrogen and oxygen atoms in total. The van der Waals surface area contributed by atoms with Crippen LogP contribution in [0.3, 0.4) is 0 Å². The van der Waals surface area contributed by atoms with E-state index in [9.17, 15) is 0 Å². The third kappa shape index (κ3) is 5.40. The number of aromatic nitrogens is 1. The van der Waals surface area contributed by atoms with Crippen molar-refractivity contribution in [2.24, 2.45) is 0 Å². The predicted octanol–water partition coefficient (Wildman–Crippen LogP) is 15.1. The van der Waals surface area contributed by atoms with Crippen LogP contribution in [-0.4, -0.2) is 4.57 Å². The summed E-state index contributed by atoms with van der Waals surface area (Å²) in [6, 6.07) is 75.2. The molecule has 0 fully saturated rings. The van der Waals surface area contributed by atoms with Crippen LogP contribution >= 0.6 is 11.3 Å². The van der Waals surface area contributed by atoms with E-state index in [1.54, 1.807) is 0 Å². The van der Waals surface area contributed by atoms with Crippen LogP contribution < -0.4 is 4.90 Å². The van der Waals surface area contributed by atoms with Crippen LogP contribution in [0.1, 0.15) is 0 Å². The first-order chi connectivity index (χ1) is 27.2. The van der Waals surface area contributed by atoms with Crippen molar-refractivity contribution in [1.82, 2.24) is 4.57 Å². The number of thiophene rings is 1. The topological polar surface area (TPSA) is 8.17 Å². The molecular weight excluding hydrogens is 685 g/mol. The van der Waals surface area contributed by atoms with E-state index in [1.165, 1.54) is 75.0 Å². The molecule has 258 valence electrons. The van der Waals surface area contributed by atoms with Crippen LogP contribution in [0.15, 0.2) is 206 Å². The van der Waals surface area contributed by atoms with Gasteiger partial charge in [-0.25, -0.2) is 0 Å². The Hall–Kier alpha value is -6.94. The highest BCUT2D eigenvalue weighted by molar-refractivity contribution is 7.25. The van der Waals surface area contributed by atoms with E-state index in [0.717, 1.165) is 22.7 Å². The lowest BCUT2D eigenvalue weighted by molar-refractivity contribution is 1.18. The van der Waals surface area contributed by atoms with E-state index in [1.807, 2.05) is 11.3 Å². The van der Waals surface area contributed by atoms with Gasteiger partial charge >= 0.3 is 0 Å². The molecule has 11 aromatic rings. The molecule has 0 unspecified atom stereocenters. The number of fused-ring (bicyclic) bond motifs is 7.